The summed E-state index contributed by atoms with van der Waals surface area (Å²) in [5.74, 6) is 2.14. The average Bonchev–Trinajstić information content (AvgIpc) is 2.77. The molecule has 0 amide bonds. The Morgan fingerprint density at radius 3 is 2.73 bits per heavy atom. The molecule has 2 nitrogen and oxygen atoms in total. The number of ketones is 2. The van der Waals surface area contributed by atoms with Crippen LogP contribution in [0.25, 0.3) is 0 Å². The van der Waals surface area contributed by atoms with Gasteiger partial charge in [0.25, 0.3) is 0 Å². The van der Waals surface area contributed by atoms with Gasteiger partial charge in [-0.15, -0.1) is 0 Å². The maximum absolute atomic E-state index is 12.4. The Bertz CT molecular complexity index is 653. The van der Waals surface area contributed by atoms with Gasteiger partial charge in [-0.25, -0.2) is 0 Å². The van der Waals surface area contributed by atoms with E-state index in [0.29, 0.717) is 23.5 Å². The lowest BCUT2D eigenvalue weighted by atomic mass is 9.48. The van der Waals surface area contributed by atoms with Gasteiger partial charge in [-0.3, -0.25) is 9.59 Å². The molecule has 2 heteroatoms. The summed E-state index contributed by atoms with van der Waals surface area (Å²) in [6, 6.07) is 0. The first-order valence-corrected chi connectivity index (χ1v) is 8.53. The van der Waals surface area contributed by atoms with Gasteiger partial charge in [-0.05, 0) is 61.2 Å². The van der Waals surface area contributed by atoms with Crippen LogP contribution in [0.2, 0.25) is 0 Å². The van der Waals surface area contributed by atoms with Crippen molar-refractivity contribution in [2.45, 2.75) is 46.0 Å². The zero-order valence-corrected chi connectivity index (χ0v) is 13.5. The van der Waals surface area contributed by atoms with Gasteiger partial charge in [-0.1, -0.05) is 32.1 Å². The summed E-state index contributed by atoms with van der Waals surface area (Å²) in [6.45, 7) is 8.75. The highest BCUT2D eigenvalue weighted by Gasteiger charge is 2.59. The fraction of sp³-hybridized carbons (Fsp3) is 0.600. The van der Waals surface area contributed by atoms with Crippen molar-refractivity contribution in [2.75, 3.05) is 0 Å². The molecule has 0 aromatic rings. The molecule has 4 aliphatic carbocycles. The van der Waals surface area contributed by atoms with Gasteiger partial charge >= 0.3 is 0 Å². The van der Waals surface area contributed by atoms with Crippen molar-refractivity contribution >= 4 is 11.6 Å². The van der Waals surface area contributed by atoms with Crippen LogP contribution in [0.1, 0.15) is 46.0 Å². The summed E-state index contributed by atoms with van der Waals surface area (Å²) in [6.07, 6.45) is 10.5. The Hall–Kier alpha value is -1.44. The van der Waals surface area contributed by atoms with Gasteiger partial charge in [0.05, 0.1) is 0 Å². The number of hydrogen-bond acceptors (Lipinski definition) is 2. The molecule has 3 saturated carbocycles. The topological polar surface area (TPSA) is 34.1 Å². The van der Waals surface area contributed by atoms with Crippen LogP contribution >= 0.6 is 0 Å². The van der Waals surface area contributed by atoms with E-state index in [-0.39, 0.29) is 16.6 Å². The third-order valence-corrected chi connectivity index (χ3v) is 7.24. The van der Waals surface area contributed by atoms with Crippen LogP contribution in [0.5, 0.6) is 0 Å². The maximum atomic E-state index is 12.4. The van der Waals surface area contributed by atoms with Gasteiger partial charge in [-0.2, -0.15) is 0 Å². The molecule has 4 rings (SSSR count). The SMILES string of the molecule is C=C1C[C@H]2[C@@H](CC[C@@]3(C)C(=O)CC[C@H]23)[C@@]2(C)C=CC(=O)C=C12. The van der Waals surface area contributed by atoms with Gasteiger partial charge in [0.15, 0.2) is 5.78 Å². The number of Topliss-reactive ketones (excluding diaryl/α,β-unsaturated/α-hetero) is 1. The first kappa shape index (κ1) is 14.2. The average molecular weight is 296 g/mol. The number of rotatable bonds is 0. The van der Waals surface area contributed by atoms with Gasteiger partial charge in [0, 0.05) is 17.3 Å². The van der Waals surface area contributed by atoms with Crippen molar-refractivity contribution in [3.05, 3.63) is 36.0 Å². The van der Waals surface area contributed by atoms with Crippen LogP contribution in [-0.4, -0.2) is 11.6 Å². The first-order chi connectivity index (χ1) is 10.4. The van der Waals surface area contributed by atoms with Gasteiger partial charge in [0.1, 0.15) is 5.78 Å². The second-order valence-corrected chi connectivity index (χ2v) is 8.18. The molecule has 0 saturated heterocycles. The van der Waals surface area contributed by atoms with E-state index in [1.807, 2.05) is 0 Å². The van der Waals surface area contributed by atoms with Gasteiger partial charge < -0.3 is 0 Å². The van der Waals surface area contributed by atoms with Crippen LogP contribution < -0.4 is 0 Å². The largest absolute Gasteiger partial charge is 0.299 e. The van der Waals surface area contributed by atoms with Crippen LogP contribution in [0.3, 0.4) is 0 Å². The molecule has 3 fully saturated rings. The Labute approximate surface area is 132 Å². The Balaban J connectivity index is 1.78. The van der Waals surface area contributed by atoms with E-state index < -0.39 is 0 Å². The Morgan fingerprint density at radius 1 is 1.18 bits per heavy atom. The number of carbonyl (C=O) groups excluding carboxylic acids is 2. The van der Waals surface area contributed by atoms with E-state index in [1.165, 1.54) is 0 Å². The highest BCUT2D eigenvalue weighted by molar-refractivity contribution is 6.02. The lowest BCUT2D eigenvalue weighted by Gasteiger charge is -2.56. The molecule has 5 atom stereocenters. The number of allylic oxidation sites excluding steroid dienone is 5. The molecular formula is C20H24O2. The lowest BCUT2D eigenvalue weighted by Crippen LogP contribution is -2.50. The van der Waals surface area contributed by atoms with E-state index in [1.54, 1.807) is 12.2 Å². The van der Waals surface area contributed by atoms with Crippen LogP contribution in [0.4, 0.5) is 0 Å². The van der Waals surface area contributed by atoms with Crippen LogP contribution in [-0.2, 0) is 9.59 Å². The smallest absolute Gasteiger partial charge is 0.178 e. The minimum Gasteiger partial charge on any atom is -0.299 e. The normalized spacial score (nSPS) is 46.9. The molecule has 0 bridgehead atoms. The second-order valence-electron chi connectivity index (χ2n) is 8.18. The van der Waals surface area contributed by atoms with Crippen molar-refractivity contribution < 1.29 is 9.59 Å². The van der Waals surface area contributed by atoms with Crippen molar-refractivity contribution in [2.24, 2.45) is 28.6 Å². The summed E-state index contributed by atoms with van der Waals surface area (Å²) in [5, 5.41) is 0. The minimum atomic E-state index is -0.104. The van der Waals surface area contributed by atoms with E-state index in [9.17, 15) is 9.59 Å². The molecule has 0 unspecified atom stereocenters. The summed E-state index contributed by atoms with van der Waals surface area (Å²) in [5.41, 5.74) is 2.09. The summed E-state index contributed by atoms with van der Waals surface area (Å²) in [7, 11) is 0. The van der Waals surface area contributed by atoms with Gasteiger partial charge in [0.2, 0.25) is 0 Å². The van der Waals surface area contributed by atoms with Crippen LogP contribution in [0.15, 0.2) is 36.0 Å². The molecule has 0 aromatic carbocycles. The molecule has 0 aliphatic heterocycles. The van der Waals surface area contributed by atoms with E-state index in [0.717, 1.165) is 43.3 Å². The highest BCUT2D eigenvalue weighted by atomic mass is 16.1. The van der Waals surface area contributed by atoms with Crippen molar-refractivity contribution in [1.82, 2.24) is 0 Å². The summed E-state index contributed by atoms with van der Waals surface area (Å²) < 4.78 is 0. The van der Waals surface area contributed by atoms with Crippen molar-refractivity contribution in [3.8, 4) is 0 Å². The maximum Gasteiger partial charge on any atom is 0.178 e. The molecule has 4 aliphatic rings. The third-order valence-electron chi connectivity index (χ3n) is 7.24. The molecule has 0 radical (unpaired) electrons. The molecular weight excluding hydrogens is 272 g/mol. The fourth-order valence-corrected chi connectivity index (χ4v) is 5.98. The summed E-state index contributed by atoms with van der Waals surface area (Å²) >= 11 is 0. The lowest BCUT2D eigenvalue weighted by molar-refractivity contribution is -0.131. The monoisotopic (exact) mass is 296 g/mol. The zero-order valence-electron chi connectivity index (χ0n) is 13.5. The predicted octanol–water partition coefficient (Wildman–Crippen LogP) is 4.03. The zero-order chi connectivity index (χ0) is 15.7. The first-order valence-electron chi connectivity index (χ1n) is 8.53. The second kappa shape index (κ2) is 4.31. The highest BCUT2D eigenvalue weighted by Crippen LogP contribution is 2.64. The predicted molar refractivity (Wildman–Crippen MR) is 86.1 cm³/mol. The molecule has 22 heavy (non-hydrogen) atoms. The van der Waals surface area contributed by atoms with E-state index >= 15 is 0 Å². The molecule has 0 heterocycles. The molecule has 0 aromatic heterocycles. The fourth-order valence-electron chi connectivity index (χ4n) is 5.98. The molecule has 116 valence electrons. The van der Waals surface area contributed by atoms with Crippen molar-refractivity contribution in [3.63, 3.8) is 0 Å². The molecule has 0 N–H and O–H groups in total. The van der Waals surface area contributed by atoms with E-state index in [2.05, 4.69) is 26.5 Å². The number of hydrogen-bond donors (Lipinski definition) is 0. The Morgan fingerprint density at radius 2 is 1.95 bits per heavy atom. The standard InChI is InChI=1S/C20H24O2/c1-12-10-14-15-4-5-18(22)20(15,3)9-7-16(14)19(2)8-6-13(21)11-17(12)19/h6,8,11,14-16H,1,4-5,7,9-10H2,2-3H3/t14-,15-,16-,19-,20-/m1/s1. The van der Waals surface area contributed by atoms with Crippen LogP contribution in [0, 0.1) is 28.6 Å². The minimum absolute atomic E-state index is 0.0686. The third kappa shape index (κ3) is 1.61. The quantitative estimate of drug-likeness (QED) is 0.676. The summed E-state index contributed by atoms with van der Waals surface area (Å²) in [4.78, 5) is 24.2. The number of carbonyl (C=O) groups is 2. The Kier molecular flexibility index (Phi) is 2.77. The number of fused-ring (bicyclic) bond motifs is 5. The van der Waals surface area contributed by atoms with E-state index in [4.69, 9.17) is 0 Å². The van der Waals surface area contributed by atoms with Crippen molar-refractivity contribution in [1.29, 1.82) is 0 Å². The molecule has 0 spiro atoms.